The molecule has 9 nitrogen and oxygen atoms in total. The standard InChI is InChI=1S/C18H17N3O6/c1-11(22)19-15-7-14(8-16(9-15)20-12(2)23)18(24)27-10-13-5-3-4-6-17(13)21(25)26/h3-9H,10H2,1-2H3,(H,19,22)(H,20,23). The summed E-state index contributed by atoms with van der Waals surface area (Å²) in [6.45, 7) is 2.31. The van der Waals surface area contributed by atoms with Gasteiger partial charge in [-0.15, -0.1) is 0 Å². The first-order valence-electron chi connectivity index (χ1n) is 7.86. The Morgan fingerprint density at radius 1 is 1.00 bits per heavy atom. The number of ether oxygens (including phenoxy) is 1. The molecule has 27 heavy (non-hydrogen) atoms. The number of carbonyl (C=O) groups is 3. The van der Waals surface area contributed by atoms with Crippen LogP contribution in [0.4, 0.5) is 17.1 Å². The molecule has 2 aromatic rings. The lowest BCUT2D eigenvalue weighted by atomic mass is 10.1. The first kappa shape index (κ1) is 19.6. The third-order valence-corrected chi connectivity index (χ3v) is 3.36. The van der Waals surface area contributed by atoms with Crippen LogP contribution in [-0.4, -0.2) is 22.7 Å². The predicted molar refractivity (Wildman–Crippen MR) is 97.3 cm³/mol. The van der Waals surface area contributed by atoms with Gasteiger partial charge in [0.1, 0.15) is 6.61 Å². The van der Waals surface area contributed by atoms with E-state index in [1.54, 1.807) is 6.07 Å². The number of para-hydroxylation sites is 1. The van der Waals surface area contributed by atoms with Crippen LogP contribution in [0.15, 0.2) is 42.5 Å². The summed E-state index contributed by atoms with van der Waals surface area (Å²) in [6.07, 6.45) is 0. The first-order valence-corrected chi connectivity index (χ1v) is 7.86. The van der Waals surface area contributed by atoms with Gasteiger partial charge >= 0.3 is 5.97 Å². The second-order valence-electron chi connectivity index (χ2n) is 5.62. The van der Waals surface area contributed by atoms with E-state index in [-0.39, 0.29) is 35.2 Å². The van der Waals surface area contributed by atoms with Crippen molar-refractivity contribution in [1.82, 2.24) is 0 Å². The van der Waals surface area contributed by atoms with Crippen LogP contribution >= 0.6 is 0 Å². The Kier molecular flexibility index (Phi) is 6.21. The van der Waals surface area contributed by atoms with E-state index in [0.717, 1.165) is 0 Å². The second kappa shape index (κ2) is 8.56. The molecular formula is C18H17N3O6. The second-order valence-corrected chi connectivity index (χ2v) is 5.62. The Morgan fingerprint density at radius 3 is 2.07 bits per heavy atom. The normalized spacial score (nSPS) is 10.0. The minimum atomic E-state index is -0.757. The number of nitro benzene ring substituents is 1. The summed E-state index contributed by atoms with van der Waals surface area (Å²) in [7, 11) is 0. The molecule has 0 saturated heterocycles. The van der Waals surface area contributed by atoms with Crippen molar-refractivity contribution >= 4 is 34.8 Å². The Balaban J connectivity index is 2.23. The van der Waals surface area contributed by atoms with E-state index in [0.29, 0.717) is 11.4 Å². The number of hydrogen-bond donors (Lipinski definition) is 2. The van der Waals surface area contributed by atoms with E-state index in [1.165, 1.54) is 50.2 Å². The van der Waals surface area contributed by atoms with Crippen LogP contribution in [-0.2, 0) is 20.9 Å². The molecule has 0 aliphatic heterocycles. The third-order valence-electron chi connectivity index (χ3n) is 3.36. The summed E-state index contributed by atoms with van der Waals surface area (Å²) < 4.78 is 5.16. The third kappa shape index (κ3) is 5.63. The highest BCUT2D eigenvalue weighted by Gasteiger charge is 2.16. The lowest BCUT2D eigenvalue weighted by Gasteiger charge is -2.11. The summed E-state index contributed by atoms with van der Waals surface area (Å²) in [5, 5.41) is 16.1. The van der Waals surface area contributed by atoms with Crippen LogP contribution in [0.25, 0.3) is 0 Å². The smallest absolute Gasteiger partial charge is 0.338 e. The van der Waals surface area contributed by atoms with Crippen molar-refractivity contribution in [3.63, 3.8) is 0 Å². The summed E-state index contributed by atoms with van der Waals surface area (Å²) in [5.41, 5.74) is 0.758. The molecule has 0 radical (unpaired) electrons. The Labute approximate surface area is 154 Å². The zero-order valence-corrected chi connectivity index (χ0v) is 14.6. The van der Waals surface area contributed by atoms with Crippen LogP contribution < -0.4 is 10.6 Å². The highest BCUT2D eigenvalue weighted by molar-refractivity contribution is 5.97. The maximum absolute atomic E-state index is 12.4. The molecule has 140 valence electrons. The van der Waals surface area contributed by atoms with Crippen molar-refractivity contribution in [3.05, 3.63) is 63.7 Å². The summed E-state index contributed by atoms with van der Waals surface area (Å²) in [6, 6.07) is 10.2. The van der Waals surface area contributed by atoms with Crippen molar-refractivity contribution < 1.29 is 24.0 Å². The van der Waals surface area contributed by atoms with Crippen molar-refractivity contribution in [1.29, 1.82) is 0 Å². The van der Waals surface area contributed by atoms with Gasteiger partial charge in [0.05, 0.1) is 16.1 Å². The number of rotatable bonds is 6. The van der Waals surface area contributed by atoms with Crippen LogP contribution in [0.5, 0.6) is 0 Å². The number of amides is 2. The van der Waals surface area contributed by atoms with E-state index >= 15 is 0 Å². The quantitative estimate of drug-likeness (QED) is 0.456. The predicted octanol–water partition coefficient (Wildman–Crippen LogP) is 2.87. The van der Waals surface area contributed by atoms with E-state index < -0.39 is 10.9 Å². The number of esters is 1. The fraction of sp³-hybridized carbons (Fsp3) is 0.167. The van der Waals surface area contributed by atoms with Gasteiger partial charge in [0.25, 0.3) is 5.69 Å². The molecule has 9 heteroatoms. The average Bonchev–Trinajstić information content (AvgIpc) is 2.58. The molecule has 0 unspecified atom stereocenters. The SMILES string of the molecule is CC(=O)Nc1cc(NC(C)=O)cc(C(=O)OCc2ccccc2[N+](=O)[O-])c1. The number of nitrogens with zero attached hydrogens (tertiary/aromatic N) is 1. The van der Waals surface area contributed by atoms with Gasteiger partial charge in [-0.05, 0) is 24.3 Å². The molecule has 0 aliphatic carbocycles. The van der Waals surface area contributed by atoms with Gasteiger partial charge in [-0.2, -0.15) is 0 Å². The van der Waals surface area contributed by atoms with Crippen molar-refractivity contribution in [2.75, 3.05) is 10.6 Å². The molecular weight excluding hydrogens is 354 g/mol. The van der Waals surface area contributed by atoms with Crippen molar-refractivity contribution in [2.24, 2.45) is 0 Å². The van der Waals surface area contributed by atoms with Crippen LogP contribution in [0.1, 0.15) is 29.8 Å². The largest absolute Gasteiger partial charge is 0.457 e. The van der Waals surface area contributed by atoms with E-state index in [1.807, 2.05) is 0 Å². The summed E-state index contributed by atoms with van der Waals surface area (Å²) in [4.78, 5) is 45.3. The maximum atomic E-state index is 12.4. The molecule has 2 N–H and O–H groups in total. The lowest BCUT2D eigenvalue weighted by molar-refractivity contribution is -0.385. The fourth-order valence-corrected chi connectivity index (χ4v) is 2.33. The number of carbonyl (C=O) groups excluding carboxylic acids is 3. The molecule has 0 heterocycles. The molecule has 2 aromatic carbocycles. The van der Waals surface area contributed by atoms with Gasteiger partial charge in [0, 0.05) is 31.3 Å². The topological polar surface area (TPSA) is 128 Å². The first-order chi connectivity index (χ1) is 12.8. The molecule has 0 aromatic heterocycles. The number of nitro groups is 1. The van der Waals surface area contributed by atoms with Gasteiger partial charge in [-0.3, -0.25) is 19.7 Å². The monoisotopic (exact) mass is 371 g/mol. The van der Waals surface area contributed by atoms with Gasteiger partial charge in [-0.1, -0.05) is 12.1 Å². The summed E-state index contributed by atoms with van der Waals surface area (Å²) >= 11 is 0. The van der Waals surface area contributed by atoms with Crippen molar-refractivity contribution in [2.45, 2.75) is 20.5 Å². The average molecular weight is 371 g/mol. The van der Waals surface area contributed by atoms with E-state index in [2.05, 4.69) is 10.6 Å². The highest BCUT2D eigenvalue weighted by Crippen LogP contribution is 2.22. The molecule has 2 amide bonds. The van der Waals surface area contributed by atoms with Gasteiger partial charge < -0.3 is 15.4 Å². The zero-order chi connectivity index (χ0) is 20.0. The number of hydrogen-bond acceptors (Lipinski definition) is 6. The van der Waals surface area contributed by atoms with Gasteiger partial charge in [-0.25, -0.2) is 4.79 Å². The molecule has 0 bridgehead atoms. The Bertz CT molecular complexity index is 875. The number of benzene rings is 2. The van der Waals surface area contributed by atoms with Crippen LogP contribution in [0.3, 0.4) is 0 Å². The van der Waals surface area contributed by atoms with Gasteiger partial charge in [0.15, 0.2) is 0 Å². The van der Waals surface area contributed by atoms with Crippen LogP contribution in [0, 0.1) is 10.1 Å². The van der Waals surface area contributed by atoms with Crippen molar-refractivity contribution in [3.8, 4) is 0 Å². The minimum absolute atomic E-state index is 0.0728. The minimum Gasteiger partial charge on any atom is -0.457 e. The summed E-state index contributed by atoms with van der Waals surface area (Å²) in [5.74, 6) is -1.46. The zero-order valence-electron chi connectivity index (χ0n) is 14.6. The Hall–Kier alpha value is -3.75. The Morgan fingerprint density at radius 2 is 1.56 bits per heavy atom. The molecule has 0 spiro atoms. The molecule has 0 aliphatic rings. The van der Waals surface area contributed by atoms with E-state index in [4.69, 9.17) is 4.74 Å². The highest BCUT2D eigenvalue weighted by atomic mass is 16.6. The molecule has 2 rings (SSSR count). The lowest BCUT2D eigenvalue weighted by Crippen LogP contribution is -2.12. The molecule has 0 fully saturated rings. The van der Waals surface area contributed by atoms with E-state index in [9.17, 15) is 24.5 Å². The van der Waals surface area contributed by atoms with Crippen LogP contribution in [0.2, 0.25) is 0 Å². The maximum Gasteiger partial charge on any atom is 0.338 e. The van der Waals surface area contributed by atoms with Gasteiger partial charge in [0.2, 0.25) is 11.8 Å². The fourth-order valence-electron chi connectivity index (χ4n) is 2.33. The molecule has 0 saturated carbocycles. The molecule has 0 atom stereocenters. The number of nitrogens with one attached hydrogen (secondary N) is 2. The number of anilines is 2.